The largest absolute Gasteiger partial charge is 0.464 e. The first kappa shape index (κ1) is 19.0. The molecule has 0 saturated heterocycles. The summed E-state index contributed by atoms with van der Waals surface area (Å²) in [4.78, 5) is 35.3. The zero-order valence-corrected chi connectivity index (χ0v) is 14.8. The van der Waals surface area contributed by atoms with Gasteiger partial charge in [0.15, 0.2) is 0 Å². The molecule has 1 heterocycles. The van der Waals surface area contributed by atoms with E-state index >= 15 is 0 Å². The van der Waals surface area contributed by atoms with Gasteiger partial charge in [0.25, 0.3) is 0 Å². The van der Waals surface area contributed by atoms with Crippen molar-refractivity contribution in [3.8, 4) is 0 Å². The Bertz CT molecular complexity index is 782. The van der Waals surface area contributed by atoms with E-state index < -0.39 is 23.9 Å². The molecule has 26 heavy (non-hydrogen) atoms. The highest BCUT2D eigenvalue weighted by molar-refractivity contribution is 6.39. The summed E-state index contributed by atoms with van der Waals surface area (Å²) in [7, 11) is 0. The number of benzene rings is 1. The van der Waals surface area contributed by atoms with Crippen molar-refractivity contribution in [2.24, 2.45) is 0 Å². The first-order chi connectivity index (χ1) is 12.4. The Morgan fingerprint density at radius 3 is 2.15 bits per heavy atom. The van der Waals surface area contributed by atoms with Crippen LogP contribution in [-0.4, -0.2) is 24.5 Å². The predicted molar refractivity (Wildman–Crippen MR) is 95.7 cm³/mol. The van der Waals surface area contributed by atoms with Crippen LogP contribution in [0.2, 0.25) is 0 Å². The van der Waals surface area contributed by atoms with Gasteiger partial charge in [0.1, 0.15) is 11.5 Å². The van der Waals surface area contributed by atoms with Crippen LogP contribution in [0.15, 0.2) is 40.8 Å². The number of nitrogens with one attached hydrogen (secondary N) is 3. The van der Waals surface area contributed by atoms with Gasteiger partial charge in [-0.3, -0.25) is 14.9 Å². The van der Waals surface area contributed by atoms with Crippen LogP contribution in [0, 0.1) is 6.92 Å². The summed E-state index contributed by atoms with van der Waals surface area (Å²) in [5, 5.41) is 7.58. The highest BCUT2D eigenvalue weighted by atomic mass is 16.5. The van der Waals surface area contributed by atoms with Gasteiger partial charge < -0.3 is 19.8 Å². The quantitative estimate of drug-likeness (QED) is 0.711. The molecular formula is C18H21N3O5. The lowest BCUT2D eigenvalue weighted by Crippen LogP contribution is -2.36. The molecule has 8 nitrogen and oxygen atoms in total. The van der Waals surface area contributed by atoms with Crippen LogP contribution >= 0.6 is 0 Å². The Morgan fingerprint density at radius 1 is 1.00 bits per heavy atom. The highest BCUT2D eigenvalue weighted by Crippen LogP contribution is 2.16. The van der Waals surface area contributed by atoms with E-state index in [0.717, 1.165) is 5.76 Å². The summed E-state index contributed by atoms with van der Waals surface area (Å²) in [5.74, 6) is -0.286. The van der Waals surface area contributed by atoms with Crippen molar-refractivity contribution in [2.45, 2.75) is 26.8 Å². The fourth-order valence-electron chi connectivity index (χ4n) is 2.13. The second kappa shape index (κ2) is 8.70. The van der Waals surface area contributed by atoms with E-state index in [1.54, 1.807) is 57.2 Å². The monoisotopic (exact) mass is 359 g/mol. The summed E-state index contributed by atoms with van der Waals surface area (Å²) in [5.41, 5.74) is 0.925. The predicted octanol–water partition coefficient (Wildman–Crippen LogP) is 2.97. The molecule has 2 rings (SSSR count). The molecule has 3 N–H and O–H groups in total. The molecular weight excluding hydrogens is 338 g/mol. The summed E-state index contributed by atoms with van der Waals surface area (Å²) in [6.45, 7) is 5.49. The van der Waals surface area contributed by atoms with Crippen molar-refractivity contribution in [1.82, 2.24) is 5.32 Å². The van der Waals surface area contributed by atoms with Gasteiger partial charge in [-0.1, -0.05) is 0 Å². The molecule has 0 aliphatic rings. The Kier molecular flexibility index (Phi) is 6.37. The minimum atomic E-state index is -0.800. The zero-order chi connectivity index (χ0) is 19.1. The molecule has 2 aromatic rings. The van der Waals surface area contributed by atoms with E-state index in [2.05, 4.69) is 16.0 Å². The SMILES string of the molecule is CCOC(=O)Nc1ccc(NC(=O)C(=O)N[C@@H](C)c2ccc(C)o2)cc1. The van der Waals surface area contributed by atoms with Crippen molar-refractivity contribution in [3.05, 3.63) is 47.9 Å². The van der Waals surface area contributed by atoms with Crippen molar-refractivity contribution < 1.29 is 23.5 Å². The lowest BCUT2D eigenvalue weighted by Gasteiger charge is -2.12. The normalized spacial score (nSPS) is 11.3. The number of carbonyl (C=O) groups is 3. The van der Waals surface area contributed by atoms with Gasteiger partial charge in [-0.05, 0) is 57.2 Å². The van der Waals surface area contributed by atoms with Crippen LogP contribution in [0.4, 0.5) is 16.2 Å². The van der Waals surface area contributed by atoms with Crippen LogP contribution < -0.4 is 16.0 Å². The number of carbonyl (C=O) groups excluding carboxylic acids is 3. The Labute approximate surface area is 150 Å². The Morgan fingerprint density at radius 2 is 1.62 bits per heavy atom. The van der Waals surface area contributed by atoms with E-state index in [9.17, 15) is 14.4 Å². The van der Waals surface area contributed by atoms with Crippen molar-refractivity contribution >= 4 is 29.3 Å². The van der Waals surface area contributed by atoms with Gasteiger partial charge >= 0.3 is 17.9 Å². The third kappa shape index (κ3) is 5.37. The number of hydrogen-bond acceptors (Lipinski definition) is 5. The molecule has 8 heteroatoms. The zero-order valence-electron chi connectivity index (χ0n) is 14.8. The molecule has 138 valence electrons. The van der Waals surface area contributed by atoms with Crippen LogP contribution in [-0.2, 0) is 14.3 Å². The van der Waals surface area contributed by atoms with Gasteiger partial charge in [-0.25, -0.2) is 4.79 Å². The number of hydrogen-bond donors (Lipinski definition) is 3. The van der Waals surface area contributed by atoms with Crippen molar-refractivity contribution in [2.75, 3.05) is 17.2 Å². The topological polar surface area (TPSA) is 110 Å². The van der Waals surface area contributed by atoms with Gasteiger partial charge in [-0.2, -0.15) is 0 Å². The average Bonchev–Trinajstić information content (AvgIpc) is 3.03. The van der Waals surface area contributed by atoms with Crippen molar-refractivity contribution in [3.63, 3.8) is 0 Å². The molecule has 0 bridgehead atoms. The van der Waals surface area contributed by atoms with E-state index in [1.807, 2.05) is 0 Å². The molecule has 0 unspecified atom stereocenters. The van der Waals surface area contributed by atoms with Crippen molar-refractivity contribution in [1.29, 1.82) is 0 Å². The minimum absolute atomic E-state index is 0.269. The fourth-order valence-corrected chi connectivity index (χ4v) is 2.13. The van der Waals surface area contributed by atoms with Gasteiger partial charge in [0, 0.05) is 11.4 Å². The van der Waals surface area contributed by atoms with Gasteiger partial charge in [0.05, 0.1) is 12.6 Å². The second-order valence-corrected chi connectivity index (χ2v) is 5.52. The Balaban J connectivity index is 1.88. The van der Waals surface area contributed by atoms with Crippen LogP contribution in [0.1, 0.15) is 31.4 Å². The molecule has 0 aliphatic carbocycles. The molecule has 0 fully saturated rings. The lowest BCUT2D eigenvalue weighted by molar-refractivity contribution is -0.136. The highest BCUT2D eigenvalue weighted by Gasteiger charge is 2.19. The number of ether oxygens (including phenoxy) is 1. The molecule has 1 atom stereocenters. The standard InChI is InChI=1S/C18H21N3O5/c1-4-25-18(24)21-14-8-6-13(7-9-14)20-17(23)16(22)19-12(3)15-10-5-11(2)26-15/h5-10,12H,4H2,1-3H3,(H,19,22)(H,20,23)(H,21,24)/t12-/m0/s1. The number of amides is 3. The van der Waals surface area contributed by atoms with E-state index in [-0.39, 0.29) is 6.61 Å². The maximum Gasteiger partial charge on any atom is 0.411 e. The summed E-state index contributed by atoms with van der Waals surface area (Å²) >= 11 is 0. The lowest BCUT2D eigenvalue weighted by atomic mass is 10.2. The molecule has 0 radical (unpaired) electrons. The molecule has 3 amide bonds. The van der Waals surface area contributed by atoms with Gasteiger partial charge in [0.2, 0.25) is 0 Å². The van der Waals surface area contributed by atoms with Crippen LogP contribution in [0.5, 0.6) is 0 Å². The maximum absolute atomic E-state index is 12.0. The molecule has 0 saturated carbocycles. The third-order valence-corrected chi connectivity index (χ3v) is 3.41. The molecule has 1 aromatic heterocycles. The Hall–Kier alpha value is -3.29. The second-order valence-electron chi connectivity index (χ2n) is 5.52. The first-order valence-corrected chi connectivity index (χ1v) is 8.11. The molecule has 1 aromatic carbocycles. The summed E-state index contributed by atoms with van der Waals surface area (Å²) < 4.78 is 10.2. The average molecular weight is 359 g/mol. The number of anilines is 2. The third-order valence-electron chi connectivity index (χ3n) is 3.41. The fraction of sp³-hybridized carbons (Fsp3) is 0.278. The molecule has 0 aliphatic heterocycles. The van der Waals surface area contributed by atoms with Crippen LogP contribution in [0.25, 0.3) is 0 Å². The van der Waals surface area contributed by atoms with Gasteiger partial charge in [-0.15, -0.1) is 0 Å². The van der Waals surface area contributed by atoms with E-state index in [1.165, 1.54) is 0 Å². The maximum atomic E-state index is 12.0. The minimum Gasteiger partial charge on any atom is -0.464 e. The number of furan rings is 1. The van der Waals surface area contributed by atoms with Crippen LogP contribution in [0.3, 0.4) is 0 Å². The number of rotatable bonds is 5. The summed E-state index contributed by atoms with van der Waals surface area (Å²) in [6.07, 6.45) is -0.564. The van der Waals surface area contributed by atoms with E-state index in [0.29, 0.717) is 17.1 Å². The smallest absolute Gasteiger partial charge is 0.411 e. The van der Waals surface area contributed by atoms with E-state index in [4.69, 9.17) is 9.15 Å². The first-order valence-electron chi connectivity index (χ1n) is 8.11. The molecule has 0 spiro atoms. The summed E-state index contributed by atoms with van der Waals surface area (Å²) in [6, 6.07) is 9.38. The number of aryl methyl sites for hydroxylation is 1.